The molecule has 0 atom stereocenters. The van der Waals surface area contributed by atoms with Crippen LogP contribution in [0.25, 0.3) is 0 Å². The van der Waals surface area contributed by atoms with E-state index in [1.165, 1.54) is 22.9 Å². The van der Waals surface area contributed by atoms with Gasteiger partial charge in [0.2, 0.25) is 5.91 Å². The van der Waals surface area contributed by atoms with Crippen molar-refractivity contribution in [3.05, 3.63) is 78.3 Å². The molecule has 29 heavy (non-hydrogen) atoms. The van der Waals surface area contributed by atoms with Crippen LogP contribution in [0.2, 0.25) is 0 Å². The molecule has 2 heterocycles. The second-order valence-corrected chi connectivity index (χ2v) is 8.25. The van der Waals surface area contributed by atoms with Crippen LogP contribution in [0.3, 0.4) is 0 Å². The van der Waals surface area contributed by atoms with Crippen LogP contribution in [-0.2, 0) is 23.6 Å². The van der Waals surface area contributed by atoms with Gasteiger partial charge in [0.25, 0.3) is 0 Å². The summed E-state index contributed by atoms with van der Waals surface area (Å²) in [7, 11) is 0. The van der Waals surface area contributed by atoms with Crippen LogP contribution in [0, 0.1) is 6.92 Å². The molecule has 0 unspecified atom stereocenters. The van der Waals surface area contributed by atoms with E-state index in [0.717, 1.165) is 15.9 Å². The second-order valence-electron chi connectivity index (χ2n) is 6.31. The molecule has 6 nitrogen and oxygen atoms in total. The molecule has 150 valence electrons. The summed E-state index contributed by atoms with van der Waals surface area (Å²) < 4.78 is 1.99. The van der Waals surface area contributed by atoms with Crippen LogP contribution < -0.4 is 5.32 Å². The topological polar surface area (TPSA) is 72.7 Å². The van der Waals surface area contributed by atoms with Gasteiger partial charge < -0.3 is 9.88 Å². The zero-order chi connectivity index (χ0) is 20.5. The lowest BCUT2D eigenvalue weighted by atomic mass is 10.2. The molecule has 0 aliphatic rings. The van der Waals surface area contributed by atoms with E-state index in [2.05, 4.69) is 58.3 Å². The molecule has 0 fully saturated rings. The molecule has 1 N–H and O–H groups in total. The van der Waals surface area contributed by atoms with Gasteiger partial charge in [-0.15, -0.1) is 16.8 Å². The lowest BCUT2D eigenvalue weighted by Crippen LogP contribution is -2.26. The molecule has 0 saturated heterocycles. The first kappa shape index (κ1) is 21.1. The fraction of sp³-hybridized carbons (Fsp3) is 0.238. The van der Waals surface area contributed by atoms with Crippen LogP contribution in [0.5, 0.6) is 0 Å². The number of allylic oxidation sites excluding steroid dienone is 1. The number of nitrogens with zero attached hydrogens (tertiary/aromatic N) is 4. The van der Waals surface area contributed by atoms with Crippen molar-refractivity contribution in [2.75, 3.05) is 5.75 Å². The number of carbonyl (C=O) groups excluding carboxylic acids is 1. The van der Waals surface area contributed by atoms with Crippen molar-refractivity contribution < 1.29 is 4.79 Å². The number of aromatic nitrogens is 4. The summed E-state index contributed by atoms with van der Waals surface area (Å²) in [5.41, 5.74) is 2.48. The minimum Gasteiger partial charge on any atom is -0.348 e. The standard InChI is InChI=1S/C21H23N5OS2/c1-3-11-26-18(13-23-19(27)15-28-20-9-4-5-10-22-20)24-25-21(26)29-14-17-8-6-7-16(2)12-17/h3-10,12H,1,11,13-15H2,2H3,(H,23,27). The number of rotatable bonds is 10. The average molecular weight is 426 g/mol. The molecule has 0 spiro atoms. The molecule has 1 amide bonds. The largest absolute Gasteiger partial charge is 0.348 e. The van der Waals surface area contributed by atoms with Gasteiger partial charge in [-0.25, -0.2) is 4.98 Å². The molecule has 0 saturated carbocycles. The Bertz CT molecular complexity index is 959. The maximum atomic E-state index is 12.2. The summed E-state index contributed by atoms with van der Waals surface area (Å²) in [6.45, 7) is 6.83. The third kappa shape index (κ3) is 6.47. The van der Waals surface area contributed by atoms with Crippen LogP contribution in [0.4, 0.5) is 0 Å². The molecule has 2 aromatic heterocycles. The smallest absolute Gasteiger partial charge is 0.230 e. The Labute approximate surface area is 179 Å². The number of benzene rings is 1. The van der Waals surface area contributed by atoms with Crippen molar-refractivity contribution in [3.8, 4) is 0 Å². The summed E-state index contributed by atoms with van der Waals surface area (Å²) in [6, 6.07) is 14.1. The van der Waals surface area contributed by atoms with Crippen molar-refractivity contribution in [2.24, 2.45) is 0 Å². The molecule has 0 radical (unpaired) electrons. The van der Waals surface area contributed by atoms with Crippen molar-refractivity contribution >= 4 is 29.4 Å². The van der Waals surface area contributed by atoms with E-state index in [-0.39, 0.29) is 5.91 Å². The highest BCUT2D eigenvalue weighted by Crippen LogP contribution is 2.22. The normalized spacial score (nSPS) is 10.7. The summed E-state index contributed by atoms with van der Waals surface area (Å²) in [5.74, 6) is 1.77. The number of carbonyl (C=O) groups is 1. The minimum absolute atomic E-state index is 0.0669. The molecule has 0 bridgehead atoms. The van der Waals surface area contributed by atoms with E-state index >= 15 is 0 Å². The molecule has 0 aliphatic carbocycles. The van der Waals surface area contributed by atoms with Crippen LogP contribution in [0.1, 0.15) is 17.0 Å². The highest BCUT2D eigenvalue weighted by atomic mass is 32.2. The van der Waals surface area contributed by atoms with Gasteiger partial charge in [-0.3, -0.25) is 4.79 Å². The predicted octanol–water partition coefficient (Wildman–Crippen LogP) is 3.87. The first-order valence-electron chi connectivity index (χ1n) is 9.17. The van der Waals surface area contributed by atoms with Crippen LogP contribution >= 0.6 is 23.5 Å². The van der Waals surface area contributed by atoms with Gasteiger partial charge in [-0.1, -0.05) is 65.5 Å². The van der Waals surface area contributed by atoms with E-state index < -0.39 is 0 Å². The Morgan fingerprint density at radius 3 is 2.86 bits per heavy atom. The number of thioether (sulfide) groups is 2. The maximum absolute atomic E-state index is 12.2. The molecule has 3 aromatic rings. The van der Waals surface area contributed by atoms with E-state index in [4.69, 9.17) is 0 Å². The van der Waals surface area contributed by atoms with Gasteiger partial charge in [0.1, 0.15) is 0 Å². The van der Waals surface area contributed by atoms with Crippen molar-refractivity contribution in [1.82, 2.24) is 25.1 Å². The maximum Gasteiger partial charge on any atom is 0.230 e. The van der Waals surface area contributed by atoms with Gasteiger partial charge in [0.05, 0.1) is 17.3 Å². The highest BCUT2D eigenvalue weighted by molar-refractivity contribution is 7.99. The van der Waals surface area contributed by atoms with Gasteiger partial charge in [-0.2, -0.15) is 0 Å². The quantitative estimate of drug-likeness (QED) is 0.393. The lowest BCUT2D eigenvalue weighted by molar-refractivity contribution is -0.118. The van der Waals surface area contributed by atoms with E-state index in [9.17, 15) is 4.79 Å². The number of pyridine rings is 1. The van der Waals surface area contributed by atoms with Crippen LogP contribution in [-0.4, -0.2) is 31.4 Å². The third-order valence-corrected chi connectivity index (χ3v) is 5.97. The Hall–Kier alpha value is -2.58. The van der Waals surface area contributed by atoms with E-state index in [0.29, 0.717) is 24.7 Å². The first-order chi connectivity index (χ1) is 14.2. The summed E-state index contributed by atoms with van der Waals surface area (Å²) in [5, 5.41) is 13.1. The van der Waals surface area contributed by atoms with Crippen molar-refractivity contribution in [1.29, 1.82) is 0 Å². The Balaban J connectivity index is 1.56. The molecular formula is C21H23N5OS2. The average Bonchev–Trinajstić information content (AvgIpc) is 3.12. The summed E-state index contributed by atoms with van der Waals surface area (Å²) in [6.07, 6.45) is 3.52. The zero-order valence-electron chi connectivity index (χ0n) is 16.2. The second kappa shape index (κ2) is 10.8. The number of amides is 1. The van der Waals surface area contributed by atoms with Crippen molar-refractivity contribution in [3.63, 3.8) is 0 Å². The lowest BCUT2D eigenvalue weighted by Gasteiger charge is -2.09. The van der Waals surface area contributed by atoms with Gasteiger partial charge >= 0.3 is 0 Å². The molecular weight excluding hydrogens is 402 g/mol. The number of hydrogen-bond acceptors (Lipinski definition) is 6. The van der Waals surface area contributed by atoms with Crippen LogP contribution in [0.15, 0.2) is 71.5 Å². The van der Waals surface area contributed by atoms with E-state index in [1.807, 2.05) is 28.8 Å². The molecule has 1 aromatic carbocycles. The number of aryl methyl sites for hydroxylation is 1. The highest BCUT2D eigenvalue weighted by Gasteiger charge is 2.13. The number of nitrogens with one attached hydrogen (secondary N) is 1. The predicted molar refractivity (Wildman–Crippen MR) is 118 cm³/mol. The monoisotopic (exact) mass is 425 g/mol. The fourth-order valence-corrected chi connectivity index (χ4v) is 4.22. The number of hydrogen-bond donors (Lipinski definition) is 1. The molecule has 3 rings (SSSR count). The van der Waals surface area contributed by atoms with Gasteiger partial charge in [-0.05, 0) is 24.6 Å². The molecule has 8 heteroatoms. The fourth-order valence-electron chi connectivity index (χ4n) is 2.62. The molecule has 0 aliphatic heterocycles. The Morgan fingerprint density at radius 2 is 2.10 bits per heavy atom. The summed E-state index contributed by atoms with van der Waals surface area (Å²) in [4.78, 5) is 16.4. The Kier molecular flexibility index (Phi) is 7.89. The van der Waals surface area contributed by atoms with E-state index in [1.54, 1.807) is 18.0 Å². The Morgan fingerprint density at radius 1 is 1.21 bits per heavy atom. The SMILES string of the molecule is C=CCn1c(CNC(=O)CSc2ccccn2)nnc1SCc1cccc(C)c1. The minimum atomic E-state index is -0.0669. The van der Waals surface area contributed by atoms with Gasteiger partial charge in [0, 0.05) is 18.5 Å². The third-order valence-electron chi connectivity index (χ3n) is 3.99. The van der Waals surface area contributed by atoms with Gasteiger partial charge in [0.15, 0.2) is 11.0 Å². The summed E-state index contributed by atoms with van der Waals surface area (Å²) >= 11 is 3.03. The first-order valence-corrected chi connectivity index (χ1v) is 11.1. The van der Waals surface area contributed by atoms with Crippen molar-refractivity contribution in [2.45, 2.75) is 35.9 Å². The zero-order valence-corrected chi connectivity index (χ0v) is 17.9.